The van der Waals surface area contributed by atoms with Gasteiger partial charge in [-0.25, -0.2) is 9.97 Å². The van der Waals surface area contributed by atoms with Crippen LogP contribution in [0.4, 0.5) is 11.6 Å². The van der Waals surface area contributed by atoms with Crippen LogP contribution < -0.4 is 5.32 Å². The van der Waals surface area contributed by atoms with Crippen molar-refractivity contribution in [1.29, 1.82) is 0 Å². The van der Waals surface area contributed by atoms with Gasteiger partial charge in [-0.15, -0.1) is 0 Å². The van der Waals surface area contributed by atoms with Crippen LogP contribution in [0.3, 0.4) is 0 Å². The van der Waals surface area contributed by atoms with Crippen LogP contribution in [-0.4, -0.2) is 33.9 Å². The van der Waals surface area contributed by atoms with Gasteiger partial charge in [0, 0.05) is 36.7 Å². The van der Waals surface area contributed by atoms with Crippen LogP contribution in [-0.2, 0) is 0 Å². The maximum Gasteiger partial charge on any atom is 0.253 e. The van der Waals surface area contributed by atoms with Crippen LogP contribution in [0.5, 0.6) is 0 Å². The quantitative estimate of drug-likeness (QED) is 0.758. The molecule has 1 aromatic heterocycles. The predicted octanol–water partition coefficient (Wildman–Crippen LogP) is 4.24. The lowest BCUT2D eigenvalue weighted by Gasteiger charge is -2.32. The van der Waals surface area contributed by atoms with Crippen molar-refractivity contribution < 1.29 is 4.79 Å². The first-order valence-electron chi connectivity index (χ1n) is 9.28. The van der Waals surface area contributed by atoms with Crippen molar-refractivity contribution in [3.05, 3.63) is 84.2 Å². The van der Waals surface area contributed by atoms with E-state index in [1.165, 1.54) is 5.56 Å². The van der Waals surface area contributed by atoms with E-state index in [1.807, 2.05) is 35.2 Å². The Hall–Kier alpha value is -3.21. The molecule has 1 aliphatic heterocycles. The van der Waals surface area contributed by atoms with Crippen molar-refractivity contribution in [3.63, 3.8) is 0 Å². The van der Waals surface area contributed by atoms with E-state index in [0.29, 0.717) is 17.4 Å². The monoisotopic (exact) mass is 358 g/mol. The van der Waals surface area contributed by atoms with Gasteiger partial charge in [-0.2, -0.15) is 0 Å². The van der Waals surface area contributed by atoms with Crippen molar-refractivity contribution in [2.75, 3.05) is 18.4 Å². The summed E-state index contributed by atoms with van der Waals surface area (Å²) >= 11 is 0. The summed E-state index contributed by atoms with van der Waals surface area (Å²) in [5.74, 6) is 1.14. The lowest BCUT2D eigenvalue weighted by molar-refractivity contribution is 0.0713. The molecule has 3 aromatic rings. The van der Waals surface area contributed by atoms with Gasteiger partial charge in [0.05, 0.1) is 0 Å². The fourth-order valence-corrected chi connectivity index (χ4v) is 3.55. The number of benzene rings is 2. The molecule has 0 spiro atoms. The lowest BCUT2D eigenvalue weighted by Crippen LogP contribution is -2.37. The number of nitrogens with zero attached hydrogens (tertiary/aromatic N) is 3. The van der Waals surface area contributed by atoms with Gasteiger partial charge in [-0.05, 0) is 48.6 Å². The lowest BCUT2D eigenvalue weighted by atomic mass is 9.89. The third-order valence-corrected chi connectivity index (χ3v) is 4.98. The van der Waals surface area contributed by atoms with E-state index in [-0.39, 0.29) is 5.91 Å². The average Bonchev–Trinajstić information content (AvgIpc) is 2.75. The van der Waals surface area contributed by atoms with Crippen LogP contribution in [0, 0.1) is 0 Å². The van der Waals surface area contributed by atoms with E-state index in [0.717, 1.165) is 31.6 Å². The van der Waals surface area contributed by atoms with Crippen LogP contribution in [0.15, 0.2) is 73.1 Å². The standard InChI is InChI=1S/C22H22N4O/c27-21(26-14-10-18(11-15-26)17-6-2-1-3-7-17)19-8-4-9-20(16-19)25-22-23-12-5-13-24-22/h1-9,12-13,16,18H,10-11,14-15H2,(H,23,24,25). The Morgan fingerprint density at radius 2 is 1.67 bits per heavy atom. The van der Waals surface area contributed by atoms with Gasteiger partial charge < -0.3 is 10.2 Å². The Morgan fingerprint density at radius 1 is 0.926 bits per heavy atom. The van der Waals surface area contributed by atoms with Crippen LogP contribution in [0.2, 0.25) is 0 Å². The number of carbonyl (C=O) groups is 1. The second-order valence-electron chi connectivity index (χ2n) is 6.76. The van der Waals surface area contributed by atoms with E-state index >= 15 is 0 Å². The van der Waals surface area contributed by atoms with Gasteiger partial charge in [0.25, 0.3) is 5.91 Å². The van der Waals surface area contributed by atoms with Gasteiger partial charge in [0.15, 0.2) is 0 Å². The van der Waals surface area contributed by atoms with E-state index < -0.39 is 0 Å². The zero-order valence-corrected chi connectivity index (χ0v) is 15.1. The first kappa shape index (κ1) is 17.2. The number of hydrogen-bond acceptors (Lipinski definition) is 4. The third kappa shape index (κ3) is 4.14. The fraction of sp³-hybridized carbons (Fsp3) is 0.227. The topological polar surface area (TPSA) is 58.1 Å². The van der Waals surface area contributed by atoms with E-state index in [9.17, 15) is 4.79 Å². The average molecular weight is 358 g/mol. The Kier molecular flexibility index (Phi) is 5.10. The number of nitrogens with one attached hydrogen (secondary N) is 1. The number of likely N-dealkylation sites (tertiary alicyclic amines) is 1. The molecule has 0 atom stereocenters. The SMILES string of the molecule is O=C(c1cccc(Nc2ncccn2)c1)N1CCC(c2ccccc2)CC1. The molecule has 5 heteroatoms. The summed E-state index contributed by atoms with van der Waals surface area (Å²) in [5, 5.41) is 3.14. The Balaban J connectivity index is 1.41. The minimum absolute atomic E-state index is 0.0825. The summed E-state index contributed by atoms with van der Waals surface area (Å²) in [6.07, 6.45) is 5.37. The molecule has 136 valence electrons. The summed E-state index contributed by atoms with van der Waals surface area (Å²) in [7, 11) is 0. The number of amides is 1. The van der Waals surface area contributed by atoms with E-state index in [1.54, 1.807) is 18.5 Å². The predicted molar refractivity (Wildman–Crippen MR) is 106 cm³/mol. The molecule has 5 nitrogen and oxygen atoms in total. The van der Waals surface area contributed by atoms with Gasteiger partial charge in [0.1, 0.15) is 0 Å². The van der Waals surface area contributed by atoms with Crippen LogP contribution in [0.25, 0.3) is 0 Å². The highest BCUT2D eigenvalue weighted by atomic mass is 16.2. The van der Waals surface area contributed by atoms with Crippen LogP contribution in [0.1, 0.15) is 34.7 Å². The summed E-state index contributed by atoms with van der Waals surface area (Å²) in [4.78, 5) is 23.2. The zero-order valence-electron chi connectivity index (χ0n) is 15.1. The molecule has 0 bridgehead atoms. The number of hydrogen-bond donors (Lipinski definition) is 1. The molecule has 1 saturated heterocycles. The molecule has 1 N–H and O–H groups in total. The maximum absolute atomic E-state index is 12.9. The minimum atomic E-state index is 0.0825. The van der Waals surface area contributed by atoms with Crippen molar-refractivity contribution in [1.82, 2.24) is 14.9 Å². The number of carbonyl (C=O) groups excluding carboxylic acids is 1. The molecule has 2 aromatic carbocycles. The number of rotatable bonds is 4. The summed E-state index contributed by atoms with van der Waals surface area (Å²) in [6.45, 7) is 1.58. The summed E-state index contributed by atoms with van der Waals surface area (Å²) in [6, 6.07) is 19.9. The highest BCUT2D eigenvalue weighted by Gasteiger charge is 2.24. The first-order chi connectivity index (χ1) is 13.3. The molecular formula is C22H22N4O. The summed E-state index contributed by atoms with van der Waals surface area (Å²) < 4.78 is 0. The summed E-state index contributed by atoms with van der Waals surface area (Å²) in [5.41, 5.74) is 2.87. The fourth-order valence-electron chi connectivity index (χ4n) is 3.55. The molecule has 0 unspecified atom stereocenters. The minimum Gasteiger partial charge on any atom is -0.339 e. The number of aromatic nitrogens is 2. The normalized spacial score (nSPS) is 14.7. The molecule has 0 saturated carbocycles. The molecule has 1 amide bonds. The first-order valence-corrected chi connectivity index (χ1v) is 9.28. The molecular weight excluding hydrogens is 336 g/mol. The largest absolute Gasteiger partial charge is 0.339 e. The van der Waals surface area contributed by atoms with Crippen molar-refractivity contribution in [2.24, 2.45) is 0 Å². The van der Waals surface area contributed by atoms with Gasteiger partial charge >= 0.3 is 0 Å². The highest BCUT2D eigenvalue weighted by Crippen LogP contribution is 2.28. The maximum atomic E-state index is 12.9. The Bertz CT molecular complexity index is 890. The molecule has 1 aliphatic rings. The van der Waals surface area contributed by atoms with E-state index in [4.69, 9.17) is 0 Å². The van der Waals surface area contributed by atoms with Gasteiger partial charge in [0.2, 0.25) is 5.95 Å². The van der Waals surface area contributed by atoms with Crippen molar-refractivity contribution in [2.45, 2.75) is 18.8 Å². The number of anilines is 2. The van der Waals surface area contributed by atoms with E-state index in [2.05, 4.69) is 39.6 Å². The second kappa shape index (κ2) is 7.99. The van der Waals surface area contributed by atoms with Gasteiger partial charge in [-0.3, -0.25) is 4.79 Å². The zero-order chi connectivity index (χ0) is 18.5. The molecule has 4 rings (SSSR count). The molecule has 0 radical (unpaired) electrons. The third-order valence-electron chi connectivity index (χ3n) is 4.98. The smallest absolute Gasteiger partial charge is 0.253 e. The molecule has 0 aliphatic carbocycles. The van der Waals surface area contributed by atoms with Crippen molar-refractivity contribution in [3.8, 4) is 0 Å². The Morgan fingerprint density at radius 3 is 2.41 bits per heavy atom. The molecule has 2 heterocycles. The van der Waals surface area contributed by atoms with Crippen LogP contribution >= 0.6 is 0 Å². The Labute approximate surface area is 159 Å². The molecule has 27 heavy (non-hydrogen) atoms. The molecule has 1 fully saturated rings. The highest BCUT2D eigenvalue weighted by molar-refractivity contribution is 5.95. The second-order valence-corrected chi connectivity index (χ2v) is 6.76. The number of piperidine rings is 1. The van der Waals surface area contributed by atoms with Gasteiger partial charge in [-0.1, -0.05) is 36.4 Å². The van der Waals surface area contributed by atoms with Crippen molar-refractivity contribution >= 4 is 17.5 Å².